The Morgan fingerprint density at radius 2 is 2.09 bits per heavy atom. The molecule has 120 valence electrons. The molecule has 2 heterocycles. The van der Waals surface area contributed by atoms with Crippen molar-refractivity contribution >= 4 is 27.8 Å². The van der Waals surface area contributed by atoms with Crippen LogP contribution in [0.4, 0.5) is 5.95 Å². The lowest BCUT2D eigenvalue weighted by Gasteiger charge is -2.23. The summed E-state index contributed by atoms with van der Waals surface area (Å²) in [5, 5.41) is 9.50. The Morgan fingerprint density at radius 1 is 1.35 bits per heavy atom. The topological polar surface area (TPSA) is 92.3 Å². The molecular weight excluding hydrogens is 360 g/mol. The summed E-state index contributed by atoms with van der Waals surface area (Å²) in [6.07, 6.45) is 1.84. The summed E-state index contributed by atoms with van der Waals surface area (Å²) in [6.45, 7) is 0.797. The zero-order chi connectivity index (χ0) is 16.4. The summed E-state index contributed by atoms with van der Waals surface area (Å²) < 4.78 is 0.963. The van der Waals surface area contributed by atoms with Crippen molar-refractivity contribution in [1.29, 1.82) is 0 Å². The van der Waals surface area contributed by atoms with Crippen molar-refractivity contribution in [2.24, 2.45) is 5.73 Å². The Bertz CT molecular complexity index is 721. The first-order valence-electron chi connectivity index (χ1n) is 7.41. The molecule has 2 aromatic rings. The summed E-state index contributed by atoms with van der Waals surface area (Å²) >= 11 is 3.40. The van der Waals surface area contributed by atoms with Crippen LogP contribution in [0.5, 0.6) is 0 Å². The van der Waals surface area contributed by atoms with Gasteiger partial charge in [-0.25, -0.2) is 9.97 Å². The zero-order valence-electron chi connectivity index (χ0n) is 12.4. The smallest absolute Gasteiger partial charge is 0.267 e. The fraction of sp³-hybridized carbons (Fsp3) is 0.312. The van der Waals surface area contributed by atoms with Gasteiger partial charge in [0, 0.05) is 16.6 Å². The molecule has 0 saturated carbocycles. The molecule has 1 aliphatic rings. The molecule has 0 aliphatic carbocycles. The van der Waals surface area contributed by atoms with E-state index in [-0.39, 0.29) is 18.3 Å². The van der Waals surface area contributed by atoms with E-state index in [1.807, 2.05) is 29.2 Å². The number of aliphatic hydroxyl groups excluding tert-OH is 1. The van der Waals surface area contributed by atoms with Gasteiger partial charge in [0.2, 0.25) is 5.95 Å². The highest BCUT2D eigenvalue weighted by molar-refractivity contribution is 9.10. The van der Waals surface area contributed by atoms with Crippen LogP contribution in [0.1, 0.15) is 23.3 Å². The Morgan fingerprint density at radius 3 is 2.74 bits per heavy atom. The van der Waals surface area contributed by atoms with Crippen LogP contribution >= 0.6 is 15.9 Å². The van der Waals surface area contributed by atoms with E-state index in [9.17, 15) is 9.90 Å². The van der Waals surface area contributed by atoms with Crippen molar-refractivity contribution in [2.75, 3.05) is 18.1 Å². The van der Waals surface area contributed by atoms with Gasteiger partial charge in [-0.05, 0) is 31.0 Å². The third kappa shape index (κ3) is 3.35. The second-order valence-corrected chi connectivity index (χ2v) is 6.40. The van der Waals surface area contributed by atoms with Gasteiger partial charge in [0.05, 0.1) is 18.3 Å². The van der Waals surface area contributed by atoms with Crippen LogP contribution in [0.3, 0.4) is 0 Å². The monoisotopic (exact) mass is 376 g/mol. The first-order chi connectivity index (χ1) is 11.1. The van der Waals surface area contributed by atoms with Gasteiger partial charge in [0.25, 0.3) is 5.91 Å². The first kappa shape index (κ1) is 15.9. The fourth-order valence-corrected chi connectivity index (χ4v) is 3.01. The van der Waals surface area contributed by atoms with Crippen LogP contribution in [-0.2, 0) is 0 Å². The van der Waals surface area contributed by atoms with Gasteiger partial charge in [0.15, 0.2) is 0 Å². The van der Waals surface area contributed by atoms with Crippen LogP contribution in [0.25, 0.3) is 11.3 Å². The zero-order valence-corrected chi connectivity index (χ0v) is 14.0. The molecule has 1 atom stereocenters. The number of hydrogen-bond acceptors (Lipinski definition) is 5. The molecule has 1 fully saturated rings. The first-order valence-corrected chi connectivity index (χ1v) is 8.20. The molecule has 0 radical (unpaired) electrons. The van der Waals surface area contributed by atoms with Crippen LogP contribution in [0.2, 0.25) is 0 Å². The minimum absolute atomic E-state index is 0.0177. The quantitative estimate of drug-likeness (QED) is 0.850. The van der Waals surface area contributed by atoms with Gasteiger partial charge in [0.1, 0.15) is 5.69 Å². The predicted molar refractivity (Wildman–Crippen MR) is 91.1 cm³/mol. The molecule has 3 rings (SSSR count). The Kier molecular flexibility index (Phi) is 4.58. The highest BCUT2D eigenvalue weighted by Crippen LogP contribution is 2.26. The molecule has 1 amide bonds. The number of halogens is 1. The van der Waals surface area contributed by atoms with E-state index in [1.54, 1.807) is 6.07 Å². The highest BCUT2D eigenvalue weighted by atomic mass is 79.9. The number of hydrogen-bond donors (Lipinski definition) is 2. The van der Waals surface area contributed by atoms with Gasteiger partial charge >= 0.3 is 0 Å². The molecular formula is C16H17BrN4O2. The molecule has 0 bridgehead atoms. The third-order valence-electron chi connectivity index (χ3n) is 3.95. The number of aliphatic hydroxyl groups is 1. The number of nitrogens with two attached hydrogens (primary N) is 1. The van der Waals surface area contributed by atoms with Crippen molar-refractivity contribution in [3.63, 3.8) is 0 Å². The van der Waals surface area contributed by atoms with Crippen LogP contribution in [0.15, 0.2) is 34.8 Å². The van der Waals surface area contributed by atoms with Crippen LogP contribution in [0, 0.1) is 0 Å². The van der Waals surface area contributed by atoms with Crippen molar-refractivity contribution in [2.45, 2.75) is 18.9 Å². The average molecular weight is 377 g/mol. The van der Waals surface area contributed by atoms with Crippen LogP contribution in [-0.4, -0.2) is 40.2 Å². The standard InChI is InChI=1S/C16H17BrN4O2/c17-11-5-3-10(4-6-11)13-8-14(15(18)23)20-16(19-13)21-7-1-2-12(21)9-22/h3-6,8,12,22H,1-2,7,9H2,(H2,18,23)/t12-/m0/s1. The maximum absolute atomic E-state index is 11.6. The molecule has 6 nitrogen and oxygen atoms in total. The Balaban J connectivity index is 2.06. The Labute approximate surface area is 142 Å². The van der Waals surface area contributed by atoms with Gasteiger partial charge in [-0.3, -0.25) is 4.79 Å². The largest absolute Gasteiger partial charge is 0.394 e. The van der Waals surface area contributed by atoms with E-state index in [1.165, 1.54) is 0 Å². The summed E-state index contributed by atoms with van der Waals surface area (Å²) in [4.78, 5) is 22.4. The molecule has 1 aliphatic heterocycles. The van der Waals surface area contributed by atoms with E-state index in [0.29, 0.717) is 11.6 Å². The van der Waals surface area contributed by atoms with E-state index in [0.717, 1.165) is 29.4 Å². The summed E-state index contributed by atoms with van der Waals surface area (Å²) in [7, 11) is 0. The fourth-order valence-electron chi connectivity index (χ4n) is 2.75. The van der Waals surface area contributed by atoms with Crippen molar-refractivity contribution in [3.8, 4) is 11.3 Å². The van der Waals surface area contributed by atoms with Gasteiger partial charge < -0.3 is 15.7 Å². The highest BCUT2D eigenvalue weighted by Gasteiger charge is 2.27. The molecule has 1 aromatic carbocycles. The number of primary amides is 1. The van der Waals surface area contributed by atoms with Crippen molar-refractivity contribution < 1.29 is 9.90 Å². The van der Waals surface area contributed by atoms with Crippen LogP contribution < -0.4 is 10.6 Å². The number of rotatable bonds is 4. The third-order valence-corrected chi connectivity index (χ3v) is 4.48. The molecule has 23 heavy (non-hydrogen) atoms. The maximum Gasteiger partial charge on any atom is 0.267 e. The molecule has 0 spiro atoms. The number of benzene rings is 1. The predicted octanol–water partition coefficient (Wildman–Crippen LogP) is 1.97. The van der Waals surface area contributed by atoms with E-state index < -0.39 is 5.91 Å². The summed E-state index contributed by atoms with van der Waals surface area (Å²) in [5.74, 6) is -0.150. The maximum atomic E-state index is 11.6. The average Bonchev–Trinajstić information content (AvgIpc) is 3.03. The van der Waals surface area contributed by atoms with Gasteiger partial charge in [-0.1, -0.05) is 28.1 Å². The number of nitrogens with zero attached hydrogens (tertiary/aromatic N) is 3. The van der Waals surface area contributed by atoms with Crippen molar-refractivity contribution in [3.05, 3.63) is 40.5 Å². The number of aromatic nitrogens is 2. The number of carbonyl (C=O) groups excluding carboxylic acids is 1. The molecule has 1 saturated heterocycles. The number of carbonyl (C=O) groups is 1. The minimum Gasteiger partial charge on any atom is -0.394 e. The molecule has 0 unspecified atom stereocenters. The van der Waals surface area contributed by atoms with E-state index in [4.69, 9.17) is 5.73 Å². The lowest BCUT2D eigenvalue weighted by molar-refractivity contribution is 0.0995. The lowest BCUT2D eigenvalue weighted by Crippen LogP contribution is -2.34. The normalized spacial score (nSPS) is 17.5. The van der Waals surface area contributed by atoms with Gasteiger partial charge in [-0.15, -0.1) is 0 Å². The molecule has 3 N–H and O–H groups in total. The number of anilines is 1. The van der Waals surface area contributed by atoms with Crippen molar-refractivity contribution in [1.82, 2.24) is 9.97 Å². The van der Waals surface area contributed by atoms with E-state index in [2.05, 4.69) is 25.9 Å². The number of amides is 1. The SMILES string of the molecule is NC(=O)c1cc(-c2ccc(Br)cc2)nc(N2CCC[C@H]2CO)n1. The molecule has 7 heteroatoms. The van der Waals surface area contributed by atoms with E-state index >= 15 is 0 Å². The summed E-state index contributed by atoms with van der Waals surface area (Å²) in [6, 6.07) is 9.22. The Hall–Kier alpha value is -1.99. The second kappa shape index (κ2) is 6.64. The summed E-state index contributed by atoms with van der Waals surface area (Å²) in [5.41, 5.74) is 7.11. The lowest BCUT2D eigenvalue weighted by atomic mass is 10.1. The molecule has 1 aromatic heterocycles. The second-order valence-electron chi connectivity index (χ2n) is 5.48. The minimum atomic E-state index is -0.591. The van der Waals surface area contributed by atoms with Gasteiger partial charge in [-0.2, -0.15) is 0 Å².